The lowest BCUT2D eigenvalue weighted by Crippen LogP contribution is -2.55. The Morgan fingerprint density at radius 2 is 1.55 bits per heavy atom. The quantitative estimate of drug-likeness (QED) is 0.340. The van der Waals surface area contributed by atoms with Gasteiger partial charge in [-0.2, -0.15) is 5.26 Å². The van der Waals surface area contributed by atoms with Crippen LogP contribution >= 0.6 is 0 Å². The molecule has 3 rings (SSSR count). The van der Waals surface area contributed by atoms with Crippen LogP contribution in [-0.4, -0.2) is 25.7 Å². The van der Waals surface area contributed by atoms with E-state index in [1.807, 2.05) is 36.4 Å². The molecule has 0 aliphatic carbocycles. The molecule has 158 valence electrons. The molecule has 0 spiro atoms. The van der Waals surface area contributed by atoms with Gasteiger partial charge < -0.3 is 4.74 Å². The number of hydrogen-bond donors (Lipinski definition) is 0. The second kappa shape index (κ2) is 10.6. The van der Waals surface area contributed by atoms with Crippen LogP contribution in [0.25, 0.3) is 0 Å². The largest absolute Gasteiger partial charge is 0.460 e. The Hall–Kier alpha value is -3.42. The van der Waals surface area contributed by atoms with Crippen molar-refractivity contribution in [2.75, 3.05) is 19.7 Å². The van der Waals surface area contributed by atoms with Crippen LogP contribution in [0.2, 0.25) is 0 Å². The van der Waals surface area contributed by atoms with Crippen molar-refractivity contribution in [3.8, 4) is 6.07 Å². The Kier molecular flexibility index (Phi) is 7.59. The molecule has 0 aliphatic rings. The zero-order valence-electron chi connectivity index (χ0n) is 18.2. The van der Waals surface area contributed by atoms with Gasteiger partial charge in [-0.15, -0.1) is 0 Å². The van der Waals surface area contributed by atoms with Crippen LogP contribution in [-0.2, 0) is 9.53 Å². The highest BCUT2D eigenvalue weighted by atomic mass is 16.5. The van der Waals surface area contributed by atoms with E-state index in [4.69, 9.17) is 4.74 Å². The molecule has 3 aromatic rings. The number of carbonyl (C=O) groups is 1. The molecule has 0 saturated carbocycles. The van der Waals surface area contributed by atoms with E-state index in [0.29, 0.717) is 24.0 Å². The van der Waals surface area contributed by atoms with E-state index < -0.39 is 0 Å². The van der Waals surface area contributed by atoms with E-state index in [0.717, 1.165) is 22.4 Å². The Morgan fingerprint density at radius 1 is 0.935 bits per heavy atom. The van der Waals surface area contributed by atoms with Crippen LogP contribution in [0.5, 0.6) is 0 Å². The third kappa shape index (κ3) is 5.39. The Bertz CT molecular complexity index is 988. The van der Waals surface area contributed by atoms with Gasteiger partial charge in [-0.1, -0.05) is 72.8 Å². The summed E-state index contributed by atoms with van der Waals surface area (Å²) in [6.45, 7) is 4.97. The molecule has 0 aromatic heterocycles. The maximum Gasteiger partial charge on any atom is 0.302 e. The second-order valence-corrected chi connectivity index (χ2v) is 7.79. The van der Waals surface area contributed by atoms with Crippen molar-refractivity contribution in [2.45, 2.75) is 26.3 Å². The molecule has 0 radical (unpaired) electrons. The summed E-state index contributed by atoms with van der Waals surface area (Å²) in [6, 6.07) is 31.5. The van der Waals surface area contributed by atoms with Crippen molar-refractivity contribution in [3.63, 3.8) is 0 Å². The third-order valence-corrected chi connectivity index (χ3v) is 5.66. The summed E-state index contributed by atoms with van der Waals surface area (Å²) in [7, 11) is 0. The standard InChI is InChI=1S/C27H29N2O2/c1-22-11-9-16-26(21-22)29(18-10-17-28,19-20-31-23(2)30)27(24-12-5-3-6-13-24)25-14-7-4-8-15-25/h3-9,11-16,21,27H,10,18-20H2,1-2H3/q+1. The summed E-state index contributed by atoms with van der Waals surface area (Å²) in [6.07, 6.45) is 0.393. The molecule has 31 heavy (non-hydrogen) atoms. The molecule has 0 amide bonds. The van der Waals surface area contributed by atoms with Crippen LogP contribution in [0.1, 0.15) is 36.1 Å². The minimum Gasteiger partial charge on any atom is -0.460 e. The van der Waals surface area contributed by atoms with Gasteiger partial charge in [0.05, 0.1) is 19.0 Å². The first-order chi connectivity index (χ1) is 15.1. The number of esters is 1. The minimum atomic E-state index is -0.293. The number of nitrogens with zero attached hydrogens (tertiary/aromatic N) is 2. The number of carbonyl (C=O) groups excluding carboxylic acids is 1. The second-order valence-electron chi connectivity index (χ2n) is 7.79. The topological polar surface area (TPSA) is 50.1 Å². The number of rotatable bonds is 9. The lowest BCUT2D eigenvalue weighted by molar-refractivity contribution is -0.141. The lowest BCUT2D eigenvalue weighted by atomic mass is 9.92. The van der Waals surface area contributed by atoms with Gasteiger partial charge in [-0.3, -0.25) is 9.28 Å². The highest BCUT2D eigenvalue weighted by molar-refractivity contribution is 5.66. The fourth-order valence-corrected chi connectivity index (χ4v) is 4.32. The van der Waals surface area contributed by atoms with Gasteiger partial charge in [-0.25, -0.2) is 0 Å². The zero-order valence-corrected chi connectivity index (χ0v) is 18.2. The molecule has 0 aliphatic heterocycles. The molecule has 0 bridgehead atoms. The normalized spacial score (nSPS) is 12.7. The number of nitriles is 1. The zero-order chi connectivity index (χ0) is 22.1. The van der Waals surface area contributed by atoms with Crippen molar-refractivity contribution in [1.29, 1.82) is 5.26 Å². The number of aryl methyl sites for hydroxylation is 1. The van der Waals surface area contributed by atoms with Gasteiger partial charge in [0, 0.05) is 24.1 Å². The molecular weight excluding hydrogens is 384 g/mol. The summed E-state index contributed by atoms with van der Waals surface area (Å²) < 4.78 is 5.91. The Morgan fingerprint density at radius 3 is 2.06 bits per heavy atom. The molecule has 0 heterocycles. The van der Waals surface area contributed by atoms with Crippen LogP contribution in [0.4, 0.5) is 5.69 Å². The van der Waals surface area contributed by atoms with E-state index >= 15 is 0 Å². The van der Waals surface area contributed by atoms with Crippen molar-refractivity contribution in [2.24, 2.45) is 0 Å². The molecular formula is C27H29N2O2+. The molecule has 4 heteroatoms. The lowest BCUT2D eigenvalue weighted by Gasteiger charge is -2.44. The van der Waals surface area contributed by atoms with E-state index in [9.17, 15) is 10.1 Å². The molecule has 3 aromatic carbocycles. The fraction of sp³-hybridized carbons (Fsp3) is 0.259. The van der Waals surface area contributed by atoms with Crippen LogP contribution in [0.3, 0.4) is 0 Å². The highest BCUT2D eigenvalue weighted by Gasteiger charge is 2.41. The number of benzene rings is 3. The molecule has 4 nitrogen and oxygen atoms in total. The number of ether oxygens (including phenoxy) is 1. The fourth-order valence-electron chi connectivity index (χ4n) is 4.32. The first-order valence-electron chi connectivity index (χ1n) is 10.6. The van der Waals surface area contributed by atoms with E-state index in [-0.39, 0.29) is 18.6 Å². The van der Waals surface area contributed by atoms with Gasteiger partial charge in [0.15, 0.2) is 0 Å². The van der Waals surface area contributed by atoms with Gasteiger partial charge in [0.2, 0.25) is 0 Å². The molecule has 0 saturated heterocycles. The Balaban J connectivity index is 2.25. The smallest absolute Gasteiger partial charge is 0.302 e. The first-order valence-corrected chi connectivity index (χ1v) is 10.6. The predicted octanol–water partition coefficient (Wildman–Crippen LogP) is 5.57. The summed E-state index contributed by atoms with van der Waals surface area (Å²) >= 11 is 0. The van der Waals surface area contributed by atoms with Crippen molar-refractivity contribution in [3.05, 3.63) is 102 Å². The Labute approximate surface area is 184 Å². The highest BCUT2D eigenvalue weighted by Crippen LogP contribution is 2.40. The van der Waals surface area contributed by atoms with Gasteiger partial charge >= 0.3 is 5.97 Å². The van der Waals surface area contributed by atoms with E-state index in [1.165, 1.54) is 6.92 Å². The van der Waals surface area contributed by atoms with E-state index in [2.05, 4.69) is 61.5 Å². The SMILES string of the molecule is CC(=O)OCC[N+](CCC#N)(c1cccc(C)c1)C(c1ccccc1)c1ccccc1. The van der Waals surface area contributed by atoms with Gasteiger partial charge in [0.25, 0.3) is 0 Å². The number of quaternary nitrogens is 1. The molecule has 1 atom stereocenters. The molecule has 1 unspecified atom stereocenters. The third-order valence-electron chi connectivity index (χ3n) is 5.66. The van der Waals surface area contributed by atoms with Gasteiger partial charge in [0.1, 0.15) is 24.9 Å². The maximum absolute atomic E-state index is 11.6. The van der Waals surface area contributed by atoms with Gasteiger partial charge in [-0.05, 0) is 18.6 Å². The summed E-state index contributed by atoms with van der Waals surface area (Å²) in [5, 5.41) is 9.52. The minimum absolute atomic E-state index is 0.0480. The van der Waals surface area contributed by atoms with Crippen LogP contribution in [0.15, 0.2) is 84.9 Å². The maximum atomic E-state index is 11.6. The average Bonchev–Trinajstić information content (AvgIpc) is 2.78. The monoisotopic (exact) mass is 413 g/mol. The summed E-state index contributed by atoms with van der Waals surface area (Å²) in [4.78, 5) is 11.6. The molecule has 0 N–H and O–H groups in total. The van der Waals surface area contributed by atoms with Crippen molar-refractivity contribution < 1.29 is 9.53 Å². The van der Waals surface area contributed by atoms with E-state index in [1.54, 1.807) is 0 Å². The van der Waals surface area contributed by atoms with Crippen LogP contribution in [0, 0.1) is 18.3 Å². The first kappa shape index (κ1) is 22.3. The average molecular weight is 414 g/mol. The van der Waals surface area contributed by atoms with Crippen molar-refractivity contribution in [1.82, 2.24) is 4.48 Å². The van der Waals surface area contributed by atoms with Crippen molar-refractivity contribution >= 4 is 11.7 Å². The summed E-state index contributed by atoms with van der Waals surface area (Å²) in [5.41, 5.74) is 4.59. The van der Waals surface area contributed by atoms with Crippen LogP contribution < -0.4 is 4.48 Å². The molecule has 0 fully saturated rings. The predicted molar refractivity (Wildman–Crippen MR) is 124 cm³/mol. The summed E-state index contributed by atoms with van der Waals surface area (Å²) in [5.74, 6) is -0.293. The number of hydrogen-bond acceptors (Lipinski definition) is 3.